The molecule has 0 aliphatic carbocycles. The van der Waals surface area contributed by atoms with Crippen LogP contribution in [-0.2, 0) is 10.2 Å². The number of rotatable bonds is 4. The number of anilines is 1. The molecule has 152 valence electrons. The van der Waals surface area contributed by atoms with Gasteiger partial charge in [0.25, 0.3) is 0 Å². The molecular weight excluding hydrogens is 364 g/mol. The van der Waals surface area contributed by atoms with Crippen LogP contribution >= 0.6 is 0 Å². The molecular formula is C24H28N2O3. The molecule has 1 atom stereocenters. The molecule has 2 heterocycles. The summed E-state index contributed by atoms with van der Waals surface area (Å²) in [5.41, 5.74) is 3.60. The number of nitrogens with one attached hydrogen (secondary N) is 1. The molecule has 5 heteroatoms. The first kappa shape index (κ1) is 19.4. The Kier molecular flexibility index (Phi) is 4.56. The Morgan fingerprint density at radius 2 is 1.90 bits per heavy atom. The number of aryl methyl sites for hydroxylation is 1. The topological polar surface area (TPSA) is 50.8 Å². The van der Waals surface area contributed by atoms with Gasteiger partial charge in [-0.1, -0.05) is 37.6 Å². The van der Waals surface area contributed by atoms with Crippen molar-refractivity contribution >= 4 is 17.7 Å². The predicted octanol–water partition coefficient (Wildman–Crippen LogP) is 4.04. The monoisotopic (exact) mass is 392 g/mol. The van der Waals surface area contributed by atoms with E-state index in [-0.39, 0.29) is 11.3 Å². The standard InChI is InChI=1S/C24H28N2O3/c1-16-6-8-20-19(14-16)23(2,3)24(25-22(27)11-13-26(20)24)12-10-17-15-18(28-4)7-9-21(17)29-5/h6-10,12,14-15H,11,13H2,1-5H3,(H,25,27)/b12-10+. The van der Waals surface area contributed by atoms with Crippen LogP contribution in [0.1, 0.15) is 37.0 Å². The van der Waals surface area contributed by atoms with Gasteiger partial charge in [0.15, 0.2) is 0 Å². The lowest BCUT2D eigenvalue weighted by Gasteiger charge is -2.49. The number of hydrogen-bond donors (Lipinski definition) is 1. The maximum atomic E-state index is 12.5. The van der Waals surface area contributed by atoms with Gasteiger partial charge in [-0.15, -0.1) is 0 Å². The fourth-order valence-corrected chi connectivity index (χ4v) is 4.65. The second-order valence-electron chi connectivity index (χ2n) is 8.30. The maximum absolute atomic E-state index is 12.5. The van der Waals surface area contributed by atoms with Crippen molar-refractivity contribution in [1.82, 2.24) is 5.32 Å². The van der Waals surface area contributed by atoms with Crippen molar-refractivity contribution in [3.05, 3.63) is 59.2 Å². The van der Waals surface area contributed by atoms with Crippen LogP contribution in [0.4, 0.5) is 5.69 Å². The summed E-state index contributed by atoms with van der Waals surface area (Å²) in [6.45, 7) is 7.19. The van der Waals surface area contributed by atoms with Crippen LogP contribution < -0.4 is 19.7 Å². The van der Waals surface area contributed by atoms with Crippen molar-refractivity contribution in [3.8, 4) is 11.5 Å². The summed E-state index contributed by atoms with van der Waals surface area (Å²) in [4.78, 5) is 14.9. The van der Waals surface area contributed by atoms with Gasteiger partial charge < -0.3 is 19.7 Å². The summed E-state index contributed by atoms with van der Waals surface area (Å²) in [6, 6.07) is 12.3. The molecule has 1 fully saturated rings. The third kappa shape index (κ3) is 2.87. The summed E-state index contributed by atoms with van der Waals surface area (Å²) in [5.74, 6) is 1.59. The van der Waals surface area contributed by atoms with Crippen molar-refractivity contribution in [2.24, 2.45) is 0 Å². The fourth-order valence-electron chi connectivity index (χ4n) is 4.65. The third-order valence-corrected chi connectivity index (χ3v) is 6.33. The SMILES string of the molecule is COc1ccc(OC)c(/C=C/C23NC(=O)CCN2c2ccc(C)cc2C3(C)C)c1. The van der Waals surface area contributed by atoms with Crippen molar-refractivity contribution in [1.29, 1.82) is 0 Å². The Morgan fingerprint density at radius 1 is 1.10 bits per heavy atom. The first-order chi connectivity index (χ1) is 13.8. The van der Waals surface area contributed by atoms with Gasteiger partial charge in [-0.25, -0.2) is 0 Å². The van der Waals surface area contributed by atoms with Gasteiger partial charge in [0.1, 0.15) is 17.2 Å². The Bertz CT molecular complexity index is 996. The average Bonchev–Trinajstić information content (AvgIpc) is 2.89. The number of hydrogen-bond acceptors (Lipinski definition) is 4. The van der Waals surface area contributed by atoms with E-state index in [9.17, 15) is 4.79 Å². The zero-order valence-electron chi connectivity index (χ0n) is 17.7. The highest BCUT2D eigenvalue weighted by atomic mass is 16.5. The van der Waals surface area contributed by atoms with Crippen LogP contribution in [0, 0.1) is 6.92 Å². The molecule has 29 heavy (non-hydrogen) atoms. The van der Waals surface area contributed by atoms with Gasteiger partial charge in [-0.3, -0.25) is 4.79 Å². The van der Waals surface area contributed by atoms with Crippen LogP contribution in [0.2, 0.25) is 0 Å². The molecule has 0 bridgehead atoms. The number of methoxy groups -OCH3 is 2. The normalized spacial score (nSPS) is 22.2. The van der Waals surface area contributed by atoms with Gasteiger partial charge in [0.05, 0.1) is 14.2 Å². The van der Waals surface area contributed by atoms with E-state index >= 15 is 0 Å². The second-order valence-corrected chi connectivity index (χ2v) is 8.30. The number of amides is 1. The average molecular weight is 392 g/mol. The molecule has 2 aromatic carbocycles. The largest absolute Gasteiger partial charge is 0.497 e. The summed E-state index contributed by atoms with van der Waals surface area (Å²) in [6.07, 6.45) is 4.62. The lowest BCUT2D eigenvalue weighted by atomic mass is 9.74. The number of nitrogens with zero attached hydrogens (tertiary/aromatic N) is 1. The summed E-state index contributed by atoms with van der Waals surface area (Å²) in [7, 11) is 3.31. The van der Waals surface area contributed by atoms with E-state index in [1.165, 1.54) is 16.8 Å². The molecule has 1 N–H and O–H groups in total. The predicted molar refractivity (Wildman–Crippen MR) is 116 cm³/mol. The molecule has 4 rings (SSSR count). The fraction of sp³-hybridized carbons (Fsp3) is 0.375. The molecule has 5 nitrogen and oxygen atoms in total. The van der Waals surface area contributed by atoms with E-state index < -0.39 is 5.66 Å². The highest BCUT2D eigenvalue weighted by molar-refractivity contribution is 5.85. The summed E-state index contributed by atoms with van der Waals surface area (Å²) < 4.78 is 10.9. The molecule has 2 aliphatic heterocycles. The van der Waals surface area contributed by atoms with Crippen molar-refractivity contribution < 1.29 is 14.3 Å². The smallest absolute Gasteiger partial charge is 0.223 e. The minimum Gasteiger partial charge on any atom is -0.497 e. The van der Waals surface area contributed by atoms with Crippen LogP contribution in [0.25, 0.3) is 6.08 Å². The summed E-state index contributed by atoms with van der Waals surface area (Å²) in [5, 5.41) is 3.31. The number of benzene rings is 2. The van der Waals surface area contributed by atoms with Crippen LogP contribution in [0.15, 0.2) is 42.5 Å². The zero-order valence-corrected chi connectivity index (χ0v) is 17.7. The first-order valence-electron chi connectivity index (χ1n) is 9.93. The van der Waals surface area contributed by atoms with Gasteiger partial charge in [-0.2, -0.15) is 0 Å². The van der Waals surface area contributed by atoms with E-state index in [0.717, 1.165) is 17.1 Å². The number of fused-ring (bicyclic) bond motifs is 3. The molecule has 1 unspecified atom stereocenters. The van der Waals surface area contributed by atoms with E-state index in [0.29, 0.717) is 13.0 Å². The Balaban J connectivity index is 1.86. The summed E-state index contributed by atoms with van der Waals surface area (Å²) >= 11 is 0. The van der Waals surface area contributed by atoms with Crippen molar-refractivity contribution in [3.63, 3.8) is 0 Å². The van der Waals surface area contributed by atoms with Crippen LogP contribution in [0.3, 0.4) is 0 Å². The van der Waals surface area contributed by atoms with Crippen LogP contribution in [0.5, 0.6) is 11.5 Å². The molecule has 2 aromatic rings. The Hall–Kier alpha value is -2.95. The lowest BCUT2D eigenvalue weighted by Crippen LogP contribution is -2.68. The quantitative estimate of drug-likeness (QED) is 0.853. The minimum atomic E-state index is -0.646. The van der Waals surface area contributed by atoms with E-state index in [2.05, 4.69) is 55.3 Å². The zero-order chi connectivity index (χ0) is 20.8. The molecule has 0 radical (unpaired) electrons. The highest BCUT2D eigenvalue weighted by Crippen LogP contribution is 2.52. The number of ether oxygens (including phenoxy) is 2. The first-order valence-corrected chi connectivity index (χ1v) is 9.93. The molecule has 0 spiro atoms. The van der Waals surface area contributed by atoms with E-state index in [1.807, 2.05) is 24.3 Å². The van der Waals surface area contributed by atoms with Gasteiger partial charge in [-0.05, 0) is 42.8 Å². The molecule has 0 saturated carbocycles. The van der Waals surface area contributed by atoms with E-state index in [1.54, 1.807) is 14.2 Å². The van der Waals surface area contributed by atoms with Crippen LogP contribution in [-0.4, -0.2) is 32.3 Å². The molecule has 0 aromatic heterocycles. The number of carbonyl (C=O) groups is 1. The Morgan fingerprint density at radius 3 is 2.62 bits per heavy atom. The lowest BCUT2D eigenvalue weighted by molar-refractivity contribution is -0.124. The van der Waals surface area contributed by atoms with E-state index in [4.69, 9.17) is 9.47 Å². The number of carbonyl (C=O) groups excluding carboxylic acids is 1. The second kappa shape index (κ2) is 6.83. The Labute approximate surface area is 172 Å². The van der Waals surface area contributed by atoms with Gasteiger partial charge in [0.2, 0.25) is 5.91 Å². The van der Waals surface area contributed by atoms with Gasteiger partial charge in [0, 0.05) is 29.6 Å². The third-order valence-electron chi connectivity index (χ3n) is 6.33. The maximum Gasteiger partial charge on any atom is 0.223 e. The van der Waals surface area contributed by atoms with Crippen molar-refractivity contribution in [2.45, 2.75) is 38.3 Å². The van der Waals surface area contributed by atoms with Crippen molar-refractivity contribution in [2.75, 3.05) is 25.7 Å². The highest BCUT2D eigenvalue weighted by Gasteiger charge is 2.57. The molecule has 1 amide bonds. The molecule has 1 saturated heterocycles. The van der Waals surface area contributed by atoms with Gasteiger partial charge >= 0.3 is 0 Å². The molecule has 2 aliphatic rings. The minimum absolute atomic E-state index is 0.0705.